The minimum absolute atomic E-state index is 0.234. The summed E-state index contributed by atoms with van der Waals surface area (Å²) in [6.07, 6.45) is 7.23. The molecule has 5 nitrogen and oxygen atoms in total. The van der Waals surface area contributed by atoms with Gasteiger partial charge in [-0.3, -0.25) is 4.90 Å². The maximum absolute atomic E-state index is 6.97. The highest BCUT2D eigenvalue weighted by Gasteiger charge is 2.46. The maximum atomic E-state index is 6.97. The summed E-state index contributed by atoms with van der Waals surface area (Å²) in [4.78, 5) is 7.59. The summed E-state index contributed by atoms with van der Waals surface area (Å²) in [7, 11) is -2.00. The Balaban J connectivity index is 1.48. The number of aromatic nitrogens is 2. The number of hydrogen-bond donors (Lipinski definition) is 1. The van der Waals surface area contributed by atoms with Gasteiger partial charge in [-0.05, 0) is 59.3 Å². The highest BCUT2D eigenvalue weighted by atomic mass is 35.5. The molecule has 0 bridgehead atoms. The lowest BCUT2D eigenvalue weighted by Gasteiger charge is -2.44. The van der Waals surface area contributed by atoms with Crippen molar-refractivity contribution in [3.8, 4) is 0 Å². The number of pyridine rings is 1. The summed E-state index contributed by atoms with van der Waals surface area (Å²) < 4.78 is 2.55. The van der Waals surface area contributed by atoms with E-state index in [0.717, 1.165) is 54.7 Å². The Labute approximate surface area is 264 Å². The fourth-order valence-electron chi connectivity index (χ4n) is 8.33. The fraction of sp³-hybridized carbons (Fsp3) is 0.444. The van der Waals surface area contributed by atoms with Crippen LogP contribution in [0, 0.1) is 5.92 Å². The average Bonchev–Trinajstić information content (AvgIpc) is 3.64. The maximum Gasteiger partial charge on any atom is 0.171 e. The quantitative estimate of drug-likeness (QED) is 0.0793. The van der Waals surface area contributed by atoms with Crippen molar-refractivity contribution in [2.45, 2.75) is 96.6 Å². The highest BCUT2D eigenvalue weighted by molar-refractivity contribution is 6.82. The van der Waals surface area contributed by atoms with E-state index >= 15 is 0 Å². The van der Waals surface area contributed by atoms with Gasteiger partial charge in [0.1, 0.15) is 5.65 Å². The van der Waals surface area contributed by atoms with Gasteiger partial charge in [0.15, 0.2) is 8.24 Å². The molecule has 43 heavy (non-hydrogen) atoms. The minimum Gasteiger partial charge on any atom is -0.359 e. The molecule has 2 N–H and O–H groups in total. The Kier molecular flexibility index (Phi) is 9.79. The highest BCUT2D eigenvalue weighted by Crippen LogP contribution is 2.45. The van der Waals surface area contributed by atoms with E-state index in [9.17, 15) is 0 Å². The fourth-order valence-corrected chi connectivity index (χ4v) is 15.1. The molecule has 2 atom stereocenters. The molecule has 2 aromatic heterocycles. The molecule has 1 fully saturated rings. The molecule has 5 rings (SSSR count). The third-order valence-corrected chi connectivity index (χ3v) is 17.1. The number of hydrogen-bond acceptors (Lipinski definition) is 4. The van der Waals surface area contributed by atoms with Crippen molar-refractivity contribution < 1.29 is 0 Å². The van der Waals surface area contributed by atoms with Crippen LogP contribution in [-0.4, -0.2) is 34.1 Å². The van der Waals surface area contributed by atoms with E-state index in [4.69, 9.17) is 22.4 Å². The third kappa shape index (κ3) is 6.07. The smallest absolute Gasteiger partial charge is 0.171 e. The molecule has 1 unspecified atom stereocenters. The average molecular weight is 614 g/mol. The lowest BCUT2D eigenvalue weighted by Crippen LogP contribution is -2.51. The molecule has 0 spiro atoms. The van der Waals surface area contributed by atoms with Crippen molar-refractivity contribution in [1.29, 1.82) is 0 Å². The van der Waals surface area contributed by atoms with Crippen molar-refractivity contribution in [3.05, 3.63) is 101 Å². The van der Waals surface area contributed by atoms with Crippen molar-refractivity contribution in [3.63, 3.8) is 0 Å². The van der Waals surface area contributed by atoms with Crippen molar-refractivity contribution >= 4 is 36.6 Å². The van der Waals surface area contributed by atoms with Gasteiger partial charge in [-0.25, -0.2) is 4.98 Å². The second-order valence-corrected chi connectivity index (χ2v) is 19.4. The molecule has 1 aliphatic carbocycles. The largest absolute Gasteiger partial charge is 0.359 e. The SMILES string of the molecule is CC(C)[Si](C(C)C)(C(C)C)n1ccc2c(/C(=N/N)C3CC[C@H](N(Cc4ccccc4)Cc4ccccc4)C3)c(Cl)cnc21. The number of hydrazone groups is 1. The molecule has 2 aromatic carbocycles. The van der Waals surface area contributed by atoms with E-state index in [1.807, 2.05) is 6.20 Å². The van der Waals surface area contributed by atoms with E-state index in [1.165, 1.54) is 11.1 Å². The van der Waals surface area contributed by atoms with Crippen LogP contribution in [0.1, 0.15) is 77.5 Å². The van der Waals surface area contributed by atoms with Crippen LogP contribution in [-0.2, 0) is 13.1 Å². The molecule has 7 heteroatoms. The summed E-state index contributed by atoms with van der Waals surface area (Å²) in [5.41, 5.74) is 7.25. The first-order valence-corrected chi connectivity index (χ1v) is 18.5. The first kappa shape index (κ1) is 31.5. The summed E-state index contributed by atoms with van der Waals surface area (Å²) in [5.74, 6) is 6.48. The standard InChI is InChI=1S/C36H48ClN5Si/c1-25(2)43(26(3)4,27(5)6)42-20-19-32-34(33(37)22-39-36(32)42)35(40-38)30-17-18-31(21-30)41(23-28-13-9-7-10-14-28)24-29-15-11-8-12-16-29/h7-16,19-20,22,25-27,30-31H,17-18,21,23-24,38H2,1-6H3/b40-35+/t30?,31-/m0/s1. The molecule has 0 saturated heterocycles. The first-order valence-electron chi connectivity index (χ1n) is 15.9. The normalized spacial score (nSPS) is 18.2. The van der Waals surface area contributed by atoms with E-state index in [-0.39, 0.29) is 5.92 Å². The van der Waals surface area contributed by atoms with E-state index in [2.05, 4.69) is 129 Å². The van der Waals surface area contributed by atoms with Gasteiger partial charge in [0.05, 0.1) is 10.7 Å². The van der Waals surface area contributed by atoms with E-state index in [1.54, 1.807) is 0 Å². The molecule has 228 valence electrons. The number of nitrogens with two attached hydrogens (primary N) is 1. The van der Waals surface area contributed by atoms with E-state index < -0.39 is 8.24 Å². The molecule has 4 aromatic rings. The Morgan fingerprint density at radius 3 is 1.98 bits per heavy atom. The van der Waals surface area contributed by atoms with Gasteiger partial charge in [0, 0.05) is 42.2 Å². The van der Waals surface area contributed by atoms with Gasteiger partial charge in [-0.15, -0.1) is 0 Å². The summed E-state index contributed by atoms with van der Waals surface area (Å²) in [6, 6.07) is 24.2. The Morgan fingerprint density at radius 1 is 0.907 bits per heavy atom. The molecule has 0 aliphatic heterocycles. The van der Waals surface area contributed by atoms with Gasteiger partial charge in [-0.1, -0.05) is 114 Å². The van der Waals surface area contributed by atoms with Crippen LogP contribution in [0.5, 0.6) is 0 Å². The predicted octanol–water partition coefficient (Wildman–Crippen LogP) is 9.25. The second-order valence-electron chi connectivity index (χ2n) is 13.3. The van der Waals surface area contributed by atoms with Gasteiger partial charge < -0.3 is 10.1 Å². The topological polar surface area (TPSA) is 59.4 Å². The molecule has 1 aliphatic rings. The zero-order valence-electron chi connectivity index (χ0n) is 26.7. The number of nitrogens with zero attached hydrogens (tertiary/aromatic N) is 4. The minimum atomic E-state index is -2.00. The number of benzene rings is 2. The van der Waals surface area contributed by atoms with Crippen LogP contribution in [0.2, 0.25) is 21.6 Å². The molecular weight excluding hydrogens is 566 g/mol. The molecule has 1 saturated carbocycles. The van der Waals surface area contributed by atoms with Crippen LogP contribution in [0.4, 0.5) is 0 Å². The zero-order valence-corrected chi connectivity index (χ0v) is 28.4. The van der Waals surface area contributed by atoms with Crippen LogP contribution >= 0.6 is 11.6 Å². The van der Waals surface area contributed by atoms with Gasteiger partial charge >= 0.3 is 0 Å². The molecule has 2 heterocycles. The number of rotatable bonds is 11. The number of halogens is 1. The Morgan fingerprint density at radius 2 is 1.47 bits per heavy atom. The van der Waals surface area contributed by atoms with Crippen molar-refractivity contribution in [2.75, 3.05) is 0 Å². The second kappa shape index (κ2) is 13.4. The van der Waals surface area contributed by atoms with Crippen LogP contribution < -0.4 is 5.84 Å². The summed E-state index contributed by atoms with van der Waals surface area (Å²) in [6.45, 7) is 16.1. The lowest BCUT2D eigenvalue weighted by atomic mass is 9.93. The zero-order chi connectivity index (χ0) is 30.7. The molecule has 0 radical (unpaired) electrons. The Bertz CT molecular complexity index is 1470. The van der Waals surface area contributed by atoms with Crippen molar-refractivity contribution in [2.24, 2.45) is 16.9 Å². The molecular formula is C36H48ClN5Si. The van der Waals surface area contributed by atoms with Gasteiger partial charge in [0.2, 0.25) is 0 Å². The van der Waals surface area contributed by atoms with E-state index in [0.29, 0.717) is 27.7 Å². The van der Waals surface area contributed by atoms with Crippen LogP contribution in [0.25, 0.3) is 11.0 Å². The molecule has 0 amide bonds. The third-order valence-electron chi connectivity index (χ3n) is 10.0. The lowest BCUT2D eigenvalue weighted by molar-refractivity contribution is 0.179. The summed E-state index contributed by atoms with van der Waals surface area (Å²) >= 11 is 6.97. The monoisotopic (exact) mass is 613 g/mol. The summed E-state index contributed by atoms with van der Waals surface area (Å²) in [5, 5.41) is 6.18. The van der Waals surface area contributed by atoms with Gasteiger partial charge in [-0.2, -0.15) is 5.10 Å². The first-order chi connectivity index (χ1) is 20.7. The Hall–Kier alpha value is -2.93. The van der Waals surface area contributed by atoms with Crippen LogP contribution in [0.15, 0.2) is 84.2 Å². The van der Waals surface area contributed by atoms with Gasteiger partial charge in [0.25, 0.3) is 0 Å². The van der Waals surface area contributed by atoms with Crippen LogP contribution in [0.3, 0.4) is 0 Å². The predicted molar refractivity (Wildman–Crippen MR) is 185 cm³/mol. The number of fused-ring (bicyclic) bond motifs is 1. The van der Waals surface area contributed by atoms with Crippen molar-refractivity contribution in [1.82, 2.24) is 14.1 Å².